The molecule has 13 heavy (non-hydrogen) atoms. The number of halogens is 1. The number of rotatable bonds is 2. The molecule has 0 spiro atoms. The molecule has 1 rings (SSSR count). The Morgan fingerprint density at radius 1 is 1.46 bits per heavy atom. The van der Waals surface area contributed by atoms with Crippen LogP contribution in [0.3, 0.4) is 0 Å². The van der Waals surface area contributed by atoms with Crippen LogP contribution in [0.5, 0.6) is 0 Å². The van der Waals surface area contributed by atoms with Crippen molar-refractivity contribution >= 4 is 0 Å². The lowest BCUT2D eigenvalue weighted by molar-refractivity contribution is -0.952. The SMILES string of the molecule is CCC1(N)N(C)CC[N+]1(C)CC.[Cl-]. The Morgan fingerprint density at radius 3 is 2.31 bits per heavy atom. The molecule has 4 heteroatoms. The summed E-state index contributed by atoms with van der Waals surface area (Å²) in [5, 5.41) is 0. The fraction of sp³-hybridized carbons (Fsp3) is 1.00. The highest BCUT2D eigenvalue weighted by Gasteiger charge is 2.51. The zero-order valence-electron chi connectivity index (χ0n) is 9.18. The lowest BCUT2D eigenvalue weighted by atomic mass is 10.2. The summed E-state index contributed by atoms with van der Waals surface area (Å²) in [7, 11) is 4.38. The van der Waals surface area contributed by atoms with Crippen LogP contribution < -0.4 is 18.1 Å². The van der Waals surface area contributed by atoms with E-state index in [1.165, 1.54) is 6.54 Å². The molecule has 0 aromatic carbocycles. The topological polar surface area (TPSA) is 29.3 Å². The molecule has 1 aliphatic heterocycles. The Morgan fingerprint density at radius 2 is 2.00 bits per heavy atom. The van der Waals surface area contributed by atoms with Gasteiger partial charge in [-0.25, -0.2) is 4.90 Å². The monoisotopic (exact) mass is 207 g/mol. The Hall–Kier alpha value is 0.170. The van der Waals surface area contributed by atoms with Gasteiger partial charge in [0.05, 0.1) is 26.7 Å². The highest BCUT2D eigenvalue weighted by molar-refractivity contribution is 4.77. The van der Waals surface area contributed by atoms with Crippen LogP contribution in [0, 0.1) is 0 Å². The van der Waals surface area contributed by atoms with Gasteiger partial charge in [-0.2, -0.15) is 0 Å². The first-order valence-electron chi connectivity index (χ1n) is 4.85. The second kappa shape index (κ2) is 4.13. The zero-order valence-corrected chi connectivity index (χ0v) is 9.93. The van der Waals surface area contributed by atoms with Gasteiger partial charge in [-0.1, -0.05) is 6.92 Å². The third kappa shape index (κ3) is 1.71. The maximum absolute atomic E-state index is 6.39. The van der Waals surface area contributed by atoms with Gasteiger partial charge in [-0.3, -0.25) is 10.2 Å². The number of nitrogens with two attached hydrogens (primary N) is 1. The summed E-state index contributed by atoms with van der Waals surface area (Å²) in [5.74, 6) is -0.130. The molecule has 0 radical (unpaired) electrons. The average molecular weight is 208 g/mol. The third-order valence-corrected chi connectivity index (χ3v) is 3.74. The Bertz CT molecular complexity index is 176. The molecule has 0 aromatic rings. The summed E-state index contributed by atoms with van der Waals surface area (Å²) < 4.78 is 0.986. The molecule has 2 atom stereocenters. The molecule has 1 saturated heterocycles. The van der Waals surface area contributed by atoms with Gasteiger partial charge in [0.25, 0.3) is 0 Å². The lowest BCUT2D eigenvalue weighted by Gasteiger charge is -2.44. The largest absolute Gasteiger partial charge is 1.00 e. The molecule has 2 unspecified atom stereocenters. The van der Waals surface area contributed by atoms with E-state index >= 15 is 0 Å². The van der Waals surface area contributed by atoms with Crippen molar-refractivity contribution in [3.63, 3.8) is 0 Å². The quantitative estimate of drug-likeness (QED) is 0.505. The molecule has 0 aliphatic carbocycles. The van der Waals surface area contributed by atoms with Crippen LogP contribution in [-0.2, 0) is 0 Å². The van der Waals surface area contributed by atoms with Crippen molar-refractivity contribution in [2.24, 2.45) is 5.73 Å². The van der Waals surface area contributed by atoms with E-state index in [2.05, 4.69) is 32.8 Å². The molecule has 1 heterocycles. The smallest absolute Gasteiger partial charge is 0.209 e. The molecular formula is C9H22ClN3. The van der Waals surface area contributed by atoms with Crippen molar-refractivity contribution in [1.82, 2.24) is 4.90 Å². The van der Waals surface area contributed by atoms with Crippen molar-refractivity contribution in [3.8, 4) is 0 Å². The second-order valence-corrected chi connectivity index (χ2v) is 4.09. The summed E-state index contributed by atoms with van der Waals surface area (Å²) in [6.45, 7) is 7.81. The minimum absolute atomic E-state index is 0. The summed E-state index contributed by atoms with van der Waals surface area (Å²) in [4.78, 5) is 2.29. The molecule has 1 aliphatic rings. The predicted octanol–water partition coefficient (Wildman–Crippen LogP) is -2.58. The van der Waals surface area contributed by atoms with Crippen molar-refractivity contribution in [1.29, 1.82) is 0 Å². The van der Waals surface area contributed by atoms with E-state index in [0.29, 0.717) is 0 Å². The third-order valence-electron chi connectivity index (χ3n) is 3.74. The Balaban J connectivity index is 0.00000144. The molecule has 1 fully saturated rings. The highest BCUT2D eigenvalue weighted by atomic mass is 35.5. The van der Waals surface area contributed by atoms with Gasteiger partial charge in [-0.15, -0.1) is 0 Å². The standard InChI is InChI=1S/C9H22N3.ClH/c1-5-9(10)11(3)7-8-12(9,4)6-2;/h5-8,10H2,1-4H3;1H/q+1;/p-1. The molecule has 0 amide bonds. The van der Waals surface area contributed by atoms with Gasteiger partial charge in [0.2, 0.25) is 5.79 Å². The van der Waals surface area contributed by atoms with Crippen molar-refractivity contribution in [2.75, 3.05) is 33.7 Å². The normalized spacial score (nSPS) is 40.4. The predicted molar refractivity (Wildman–Crippen MR) is 51.4 cm³/mol. The minimum atomic E-state index is -0.130. The first-order chi connectivity index (χ1) is 5.50. The van der Waals surface area contributed by atoms with Crippen molar-refractivity contribution in [3.05, 3.63) is 0 Å². The Labute approximate surface area is 87.9 Å². The Kier molecular flexibility index (Phi) is 4.19. The van der Waals surface area contributed by atoms with Gasteiger partial charge >= 0.3 is 0 Å². The number of nitrogens with zero attached hydrogens (tertiary/aromatic N) is 2. The van der Waals surface area contributed by atoms with Gasteiger partial charge < -0.3 is 12.4 Å². The fourth-order valence-corrected chi connectivity index (χ4v) is 2.25. The second-order valence-electron chi connectivity index (χ2n) is 4.09. The number of likely N-dealkylation sites (N-methyl/N-ethyl adjacent to an activating group) is 2. The van der Waals surface area contributed by atoms with E-state index in [-0.39, 0.29) is 18.2 Å². The van der Waals surface area contributed by atoms with Crippen molar-refractivity contribution in [2.45, 2.75) is 26.1 Å². The van der Waals surface area contributed by atoms with E-state index in [0.717, 1.165) is 24.0 Å². The first kappa shape index (κ1) is 13.2. The number of hydrogen-bond acceptors (Lipinski definition) is 2. The minimum Gasteiger partial charge on any atom is -1.00 e. The summed E-state index contributed by atoms with van der Waals surface area (Å²) in [6.07, 6.45) is 1.02. The summed E-state index contributed by atoms with van der Waals surface area (Å²) in [6, 6.07) is 0. The van der Waals surface area contributed by atoms with Crippen molar-refractivity contribution < 1.29 is 16.9 Å². The van der Waals surface area contributed by atoms with E-state index in [9.17, 15) is 0 Å². The summed E-state index contributed by atoms with van der Waals surface area (Å²) in [5.41, 5.74) is 6.39. The van der Waals surface area contributed by atoms with Crippen LogP contribution in [0.15, 0.2) is 0 Å². The van der Waals surface area contributed by atoms with Gasteiger partial charge in [0.1, 0.15) is 0 Å². The molecule has 0 bridgehead atoms. The van der Waals surface area contributed by atoms with E-state index in [4.69, 9.17) is 5.73 Å². The lowest BCUT2D eigenvalue weighted by Crippen LogP contribution is -3.00. The maximum Gasteiger partial charge on any atom is 0.209 e. The zero-order chi connectivity index (χ0) is 9.41. The van der Waals surface area contributed by atoms with Crippen LogP contribution >= 0.6 is 0 Å². The number of quaternary nitrogens is 1. The fourth-order valence-electron chi connectivity index (χ4n) is 2.25. The molecule has 0 aromatic heterocycles. The van der Waals surface area contributed by atoms with Gasteiger partial charge in [0.15, 0.2) is 0 Å². The van der Waals surface area contributed by atoms with Crippen LogP contribution in [-0.4, -0.2) is 48.9 Å². The average Bonchev–Trinajstić information content (AvgIpc) is 2.31. The van der Waals surface area contributed by atoms with E-state index < -0.39 is 0 Å². The molecular weight excluding hydrogens is 186 g/mol. The van der Waals surface area contributed by atoms with Crippen LogP contribution in [0.25, 0.3) is 0 Å². The van der Waals surface area contributed by atoms with Crippen LogP contribution in [0.4, 0.5) is 0 Å². The van der Waals surface area contributed by atoms with Crippen LogP contribution in [0.1, 0.15) is 20.3 Å². The van der Waals surface area contributed by atoms with Crippen LogP contribution in [0.2, 0.25) is 0 Å². The first-order valence-corrected chi connectivity index (χ1v) is 4.85. The molecule has 2 N–H and O–H groups in total. The van der Waals surface area contributed by atoms with Gasteiger partial charge in [-0.05, 0) is 14.0 Å². The molecule has 3 nitrogen and oxygen atoms in total. The molecule has 0 saturated carbocycles. The van der Waals surface area contributed by atoms with E-state index in [1.807, 2.05) is 0 Å². The van der Waals surface area contributed by atoms with E-state index in [1.54, 1.807) is 0 Å². The maximum atomic E-state index is 6.39. The molecule has 80 valence electrons. The highest BCUT2D eigenvalue weighted by Crippen LogP contribution is 2.29. The van der Waals surface area contributed by atoms with Gasteiger partial charge in [0, 0.05) is 6.42 Å². The number of hydrogen-bond donors (Lipinski definition) is 1. The summed E-state index contributed by atoms with van der Waals surface area (Å²) >= 11 is 0.